The van der Waals surface area contributed by atoms with E-state index in [1.165, 1.54) is 23.2 Å². The maximum Gasteiger partial charge on any atom is 0 e. The Kier molecular flexibility index (Phi) is 9.38. The summed E-state index contributed by atoms with van der Waals surface area (Å²) in [7, 11) is -0.151. The molecule has 0 bridgehead atoms. The van der Waals surface area contributed by atoms with Crippen LogP contribution in [0.15, 0.2) is 60.7 Å². The molecule has 0 radical (unpaired) electrons. The molecule has 100 valence electrons. The summed E-state index contributed by atoms with van der Waals surface area (Å²) in [4.78, 5) is 0. The summed E-state index contributed by atoms with van der Waals surface area (Å²) in [6.07, 6.45) is 2.53. The van der Waals surface area contributed by atoms with Crippen LogP contribution in [0.5, 0.6) is 0 Å². The molecule has 2 aromatic rings. The van der Waals surface area contributed by atoms with E-state index in [0.29, 0.717) is 0 Å². The molecule has 2 rings (SSSR count). The van der Waals surface area contributed by atoms with Crippen LogP contribution in [-0.4, -0.2) is 6.16 Å². The van der Waals surface area contributed by atoms with E-state index in [2.05, 4.69) is 67.6 Å². The van der Waals surface area contributed by atoms with E-state index >= 15 is 0 Å². The molecular formula is C15H18ClNiP. The van der Waals surface area contributed by atoms with Crippen LogP contribution in [0.1, 0.15) is 13.3 Å². The number of halogens is 1. The Morgan fingerprint density at radius 1 is 0.778 bits per heavy atom. The molecule has 0 aliphatic heterocycles. The Morgan fingerprint density at radius 2 is 1.17 bits per heavy atom. The number of rotatable bonds is 4. The molecule has 0 aliphatic rings. The standard InChI is InChI=1S/C15H17P.ClH.Ni/c1-2-13-16(14-9-5-3-6-10-14)15-11-7-4-8-12-15;;/h3-12H,2,13H2,1H3;1H;. The molecule has 0 saturated carbocycles. The van der Waals surface area contributed by atoms with E-state index in [4.69, 9.17) is 0 Å². The van der Waals surface area contributed by atoms with Gasteiger partial charge in [0.1, 0.15) is 0 Å². The van der Waals surface area contributed by atoms with Crippen molar-refractivity contribution in [1.29, 1.82) is 0 Å². The van der Waals surface area contributed by atoms with Gasteiger partial charge in [0.15, 0.2) is 0 Å². The Hall–Kier alpha value is -0.346. The minimum Gasteiger partial charge on any atom is -0.147 e. The van der Waals surface area contributed by atoms with Crippen LogP contribution in [-0.2, 0) is 16.5 Å². The topological polar surface area (TPSA) is 0 Å². The van der Waals surface area contributed by atoms with Crippen molar-refractivity contribution in [2.45, 2.75) is 13.3 Å². The van der Waals surface area contributed by atoms with Crippen molar-refractivity contribution in [2.24, 2.45) is 0 Å². The van der Waals surface area contributed by atoms with Crippen LogP contribution >= 0.6 is 20.3 Å². The molecule has 0 saturated heterocycles. The molecule has 2 aromatic carbocycles. The molecule has 0 aromatic heterocycles. The first-order valence-corrected chi connectivity index (χ1v) is 7.32. The third-order valence-corrected chi connectivity index (χ3v) is 5.32. The summed E-state index contributed by atoms with van der Waals surface area (Å²) in [5.41, 5.74) is 0. The molecule has 0 unspecified atom stereocenters. The summed E-state index contributed by atoms with van der Waals surface area (Å²) in [5.74, 6) is 0. The molecule has 0 N–H and O–H groups in total. The molecule has 0 fully saturated rings. The summed E-state index contributed by atoms with van der Waals surface area (Å²) in [5, 5.41) is 2.98. The van der Waals surface area contributed by atoms with E-state index in [-0.39, 0.29) is 36.8 Å². The molecule has 3 heteroatoms. The monoisotopic (exact) mass is 322 g/mol. The maximum atomic E-state index is 2.27. The van der Waals surface area contributed by atoms with Gasteiger partial charge in [-0.25, -0.2) is 0 Å². The Balaban J connectivity index is 0.00000144. The molecule has 0 nitrogen and oxygen atoms in total. The van der Waals surface area contributed by atoms with Crippen molar-refractivity contribution in [3.63, 3.8) is 0 Å². The normalized spacial score (nSPS) is 9.44. The maximum absolute atomic E-state index is 2.27. The first-order valence-electron chi connectivity index (χ1n) is 5.79. The fourth-order valence-electron chi connectivity index (χ4n) is 1.85. The van der Waals surface area contributed by atoms with Gasteiger partial charge in [-0.2, -0.15) is 0 Å². The van der Waals surface area contributed by atoms with E-state index in [9.17, 15) is 0 Å². The molecular weight excluding hydrogens is 305 g/mol. The number of hydrogen-bond donors (Lipinski definition) is 0. The van der Waals surface area contributed by atoms with E-state index in [1.54, 1.807) is 0 Å². The third kappa shape index (κ3) is 4.73. The van der Waals surface area contributed by atoms with Crippen molar-refractivity contribution in [3.8, 4) is 0 Å². The van der Waals surface area contributed by atoms with E-state index in [0.717, 1.165) is 0 Å². The first kappa shape index (κ1) is 17.7. The fourth-order valence-corrected chi connectivity index (χ4v) is 4.17. The average molecular weight is 323 g/mol. The largest absolute Gasteiger partial charge is 0.147 e. The molecule has 0 spiro atoms. The van der Waals surface area contributed by atoms with Crippen LogP contribution in [0.4, 0.5) is 0 Å². The molecule has 0 heterocycles. The molecule has 0 atom stereocenters. The van der Waals surface area contributed by atoms with Crippen LogP contribution in [0.2, 0.25) is 0 Å². The molecule has 18 heavy (non-hydrogen) atoms. The van der Waals surface area contributed by atoms with Crippen LogP contribution in [0.25, 0.3) is 0 Å². The van der Waals surface area contributed by atoms with E-state index in [1.807, 2.05) is 0 Å². The number of benzene rings is 2. The Labute approximate surface area is 127 Å². The van der Waals surface area contributed by atoms with Gasteiger partial charge in [-0.1, -0.05) is 74.0 Å². The second kappa shape index (κ2) is 9.57. The van der Waals surface area contributed by atoms with Gasteiger partial charge in [0.25, 0.3) is 0 Å². The summed E-state index contributed by atoms with van der Waals surface area (Å²) in [6.45, 7) is 2.27. The van der Waals surface area contributed by atoms with Gasteiger partial charge < -0.3 is 0 Å². The van der Waals surface area contributed by atoms with Crippen molar-refractivity contribution in [1.82, 2.24) is 0 Å². The quantitative estimate of drug-likeness (QED) is 0.590. The van der Waals surface area contributed by atoms with Crippen molar-refractivity contribution in [2.75, 3.05) is 6.16 Å². The summed E-state index contributed by atoms with van der Waals surface area (Å²) in [6, 6.07) is 21.8. The van der Waals surface area contributed by atoms with Gasteiger partial charge in [-0.15, -0.1) is 12.4 Å². The SMILES string of the molecule is CCCP(c1ccccc1)c1ccccc1.Cl.[Ni]. The zero-order valence-corrected chi connectivity index (χ0v) is 13.1. The third-order valence-electron chi connectivity index (χ3n) is 2.58. The fraction of sp³-hybridized carbons (Fsp3) is 0.200. The second-order valence-electron chi connectivity index (χ2n) is 3.82. The number of hydrogen-bond acceptors (Lipinski definition) is 0. The zero-order chi connectivity index (χ0) is 11.2. The Morgan fingerprint density at radius 3 is 1.50 bits per heavy atom. The minimum atomic E-state index is -0.151. The van der Waals surface area contributed by atoms with Gasteiger partial charge in [0.05, 0.1) is 0 Å². The first-order chi connectivity index (χ1) is 7.92. The van der Waals surface area contributed by atoms with Crippen LogP contribution < -0.4 is 10.6 Å². The van der Waals surface area contributed by atoms with Crippen LogP contribution in [0.3, 0.4) is 0 Å². The van der Waals surface area contributed by atoms with E-state index < -0.39 is 0 Å². The van der Waals surface area contributed by atoms with Crippen molar-refractivity contribution >= 4 is 30.9 Å². The van der Waals surface area contributed by atoms with Crippen LogP contribution in [0, 0.1) is 0 Å². The van der Waals surface area contributed by atoms with Crippen molar-refractivity contribution < 1.29 is 16.5 Å². The minimum absolute atomic E-state index is 0. The average Bonchev–Trinajstić information content (AvgIpc) is 2.38. The molecule has 0 amide bonds. The van der Waals surface area contributed by atoms with Gasteiger partial charge in [-0.3, -0.25) is 0 Å². The molecule has 0 aliphatic carbocycles. The predicted molar refractivity (Wildman–Crippen MR) is 81.5 cm³/mol. The van der Waals surface area contributed by atoms with Crippen molar-refractivity contribution in [3.05, 3.63) is 60.7 Å². The second-order valence-corrected chi connectivity index (χ2v) is 6.16. The zero-order valence-electron chi connectivity index (χ0n) is 10.4. The summed E-state index contributed by atoms with van der Waals surface area (Å²) < 4.78 is 0. The van der Waals surface area contributed by atoms with Gasteiger partial charge in [-0.05, 0) is 24.7 Å². The smallest absolute Gasteiger partial charge is 0 e. The predicted octanol–water partition coefficient (Wildman–Crippen LogP) is 3.95. The Bertz CT molecular complexity index is 380. The van der Waals surface area contributed by atoms with Gasteiger partial charge in [0.2, 0.25) is 0 Å². The summed E-state index contributed by atoms with van der Waals surface area (Å²) >= 11 is 0. The van der Waals surface area contributed by atoms with Gasteiger partial charge >= 0.3 is 0 Å². The van der Waals surface area contributed by atoms with Gasteiger partial charge in [0, 0.05) is 16.5 Å².